The van der Waals surface area contributed by atoms with Gasteiger partial charge in [-0.15, -0.1) is 0 Å². The summed E-state index contributed by atoms with van der Waals surface area (Å²) in [6.45, 7) is 9.02. The van der Waals surface area contributed by atoms with Gasteiger partial charge in [0.05, 0.1) is 12.3 Å². The number of ether oxygens (including phenoxy) is 1. The van der Waals surface area contributed by atoms with Crippen LogP contribution in [0.15, 0.2) is 36.4 Å². The molecule has 2 aromatic rings. The molecular formula is C17H23N3O. The number of anilines is 3. The van der Waals surface area contributed by atoms with Crippen molar-refractivity contribution in [2.75, 3.05) is 17.7 Å². The number of aromatic nitrogens is 1. The van der Waals surface area contributed by atoms with Crippen LogP contribution < -0.4 is 15.8 Å². The number of nitrogen functional groups attached to an aromatic ring is 1. The Kier molecular flexibility index (Phi) is 4.36. The Morgan fingerprint density at radius 1 is 1.14 bits per heavy atom. The van der Waals surface area contributed by atoms with E-state index in [9.17, 15) is 0 Å². The summed E-state index contributed by atoms with van der Waals surface area (Å²) in [7, 11) is 0. The zero-order chi connectivity index (χ0) is 15.5. The SMILES string of the molecule is CCOc1nc(Nc2ccccc2C(C)(C)C)ccc1N. The van der Waals surface area contributed by atoms with Crippen LogP contribution in [0, 0.1) is 0 Å². The van der Waals surface area contributed by atoms with Crippen molar-refractivity contribution in [2.45, 2.75) is 33.1 Å². The molecule has 0 saturated heterocycles. The Morgan fingerprint density at radius 3 is 2.52 bits per heavy atom. The monoisotopic (exact) mass is 285 g/mol. The predicted octanol–water partition coefficient (Wildman–Crippen LogP) is 4.10. The van der Waals surface area contributed by atoms with Gasteiger partial charge in [-0.3, -0.25) is 0 Å². The van der Waals surface area contributed by atoms with Gasteiger partial charge in [0.1, 0.15) is 5.82 Å². The van der Waals surface area contributed by atoms with Gasteiger partial charge in [0.2, 0.25) is 5.88 Å². The Hall–Kier alpha value is -2.23. The van der Waals surface area contributed by atoms with Gasteiger partial charge in [-0.25, -0.2) is 0 Å². The summed E-state index contributed by atoms with van der Waals surface area (Å²) < 4.78 is 5.44. The van der Waals surface area contributed by atoms with Crippen molar-refractivity contribution in [1.82, 2.24) is 4.98 Å². The third-order valence-corrected chi connectivity index (χ3v) is 3.17. The first-order chi connectivity index (χ1) is 9.91. The fourth-order valence-electron chi connectivity index (χ4n) is 2.16. The first-order valence-electron chi connectivity index (χ1n) is 7.17. The van der Waals surface area contributed by atoms with Crippen LogP contribution in [0.2, 0.25) is 0 Å². The summed E-state index contributed by atoms with van der Waals surface area (Å²) >= 11 is 0. The molecule has 0 fully saturated rings. The predicted molar refractivity (Wildman–Crippen MR) is 88.2 cm³/mol. The highest BCUT2D eigenvalue weighted by atomic mass is 16.5. The molecule has 0 bridgehead atoms. The maximum Gasteiger partial charge on any atom is 0.239 e. The van der Waals surface area contributed by atoms with E-state index in [-0.39, 0.29) is 5.41 Å². The van der Waals surface area contributed by atoms with Gasteiger partial charge < -0.3 is 15.8 Å². The Morgan fingerprint density at radius 2 is 1.86 bits per heavy atom. The van der Waals surface area contributed by atoms with Gasteiger partial charge in [0.25, 0.3) is 0 Å². The summed E-state index contributed by atoms with van der Waals surface area (Å²) in [6, 6.07) is 11.9. The summed E-state index contributed by atoms with van der Waals surface area (Å²) in [5, 5.41) is 3.36. The first kappa shape index (κ1) is 15.2. The quantitative estimate of drug-likeness (QED) is 0.887. The molecule has 3 N–H and O–H groups in total. The van der Waals surface area contributed by atoms with Gasteiger partial charge in [0.15, 0.2) is 0 Å². The third kappa shape index (κ3) is 3.66. The molecule has 2 rings (SSSR count). The normalized spacial score (nSPS) is 11.2. The molecule has 0 amide bonds. The lowest BCUT2D eigenvalue weighted by molar-refractivity contribution is 0.329. The van der Waals surface area contributed by atoms with Crippen molar-refractivity contribution >= 4 is 17.2 Å². The number of rotatable bonds is 4. The molecule has 0 aliphatic rings. The van der Waals surface area contributed by atoms with Crippen LogP contribution in [0.3, 0.4) is 0 Å². The number of hydrogen-bond acceptors (Lipinski definition) is 4. The minimum absolute atomic E-state index is 0.0557. The number of nitrogens with one attached hydrogen (secondary N) is 1. The highest BCUT2D eigenvalue weighted by Gasteiger charge is 2.17. The van der Waals surface area contributed by atoms with Crippen molar-refractivity contribution in [3.05, 3.63) is 42.0 Å². The standard InChI is InChI=1S/C17H23N3O/c1-5-21-16-13(18)10-11-15(20-16)19-14-9-7-6-8-12(14)17(2,3)4/h6-11H,5,18H2,1-4H3,(H,19,20). The van der Waals surface area contributed by atoms with Crippen LogP contribution in [0.1, 0.15) is 33.3 Å². The second-order valence-corrected chi connectivity index (χ2v) is 5.94. The van der Waals surface area contributed by atoms with Gasteiger partial charge >= 0.3 is 0 Å². The van der Waals surface area contributed by atoms with E-state index in [2.05, 4.69) is 43.2 Å². The van der Waals surface area contributed by atoms with Crippen LogP contribution in [0.4, 0.5) is 17.2 Å². The zero-order valence-electron chi connectivity index (χ0n) is 13.1. The fourth-order valence-corrected chi connectivity index (χ4v) is 2.16. The molecule has 0 atom stereocenters. The largest absolute Gasteiger partial charge is 0.476 e. The molecule has 1 heterocycles. The van der Waals surface area contributed by atoms with Crippen molar-refractivity contribution in [2.24, 2.45) is 0 Å². The number of hydrogen-bond donors (Lipinski definition) is 2. The van der Waals surface area contributed by atoms with E-state index in [1.54, 1.807) is 6.07 Å². The lowest BCUT2D eigenvalue weighted by Crippen LogP contribution is -2.13. The van der Waals surface area contributed by atoms with E-state index < -0.39 is 0 Å². The lowest BCUT2D eigenvalue weighted by Gasteiger charge is -2.23. The fraction of sp³-hybridized carbons (Fsp3) is 0.353. The van der Waals surface area contributed by atoms with E-state index >= 15 is 0 Å². The van der Waals surface area contributed by atoms with Gasteiger partial charge in [-0.1, -0.05) is 39.0 Å². The number of nitrogens with zero attached hydrogens (tertiary/aromatic N) is 1. The molecule has 0 spiro atoms. The third-order valence-electron chi connectivity index (χ3n) is 3.17. The van der Waals surface area contributed by atoms with Crippen molar-refractivity contribution < 1.29 is 4.74 Å². The summed E-state index contributed by atoms with van der Waals surface area (Å²) in [5.74, 6) is 1.19. The molecule has 1 aromatic heterocycles. The molecule has 0 radical (unpaired) electrons. The summed E-state index contributed by atoms with van der Waals surface area (Å²) in [6.07, 6.45) is 0. The second kappa shape index (κ2) is 6.04. The maximum atomic E-state index is 5.85. The smallest absolute Gasteiger partial charge is 0.239 e. The topological polar surface area (TPSA) is 60.2 Å². The Balaban J connectivity index is 2.33. The van der Waals surface area contributed by atoms with Crippen LogP contribution in [-0.2, 0) is 5.41 Å². The van der Waals surface area contributed by atoms with Crippen molar-refractivity contribution in [1.29, 1.82) is 0 Å². The van der Waals surface area contributed by atoms with Crippen LogP contribution in [-0.4, -0.2) is 11.6 Å². The molecule has 0 aliphatic heterocycles. The van der Waals surface area contributed by atoms with Crippen molar-refractivity contribution in [3.8, 4) is 5.88 Å². The van der Waals surface area contributed by atoms with E-state index in [0.29, 0.717) is 18.2 Å². The summed E-state index contributed by atoms with van der Waals surface area (Å²) in [5.41, 5.74) is 8.74. The molecule has 1 aromatic carbocycles. The Labute approximate surface area is 126 Å². The van der Waals surface area contributed by atoms with Crippen molar-refractivity contribution in [3.63, 3.8) is 0 Å². The minimum Gasteiger partial charge on any atom is -0.476 e. The molecule has 4 nitrogen and oxygen atoms in total. The number of para-hydroxylation sites is 1. The van der Waals surface area contributed by atoms with Gasteiger partial charge in [-0.05, 0) is 36.1 Å². The average molecular weight is 285 g/mol. The van der Waals surface area contributed by atoms with Crippen LogP contribution in [0.25, 0.3) is 0 Å². The van der Waals surface area contributed by atoms with E-state index in [4.69, 9.17) is 10.5 Å². The lowest BCUT2D eigenvalue weighted by atomic mass is 9.86. The molecule has 0 aliphatic carbocycles. The number of nitrogens with two attached hydrogens (primary N) is 1. The highest BCUT2D eigenvalue weighted by Crippen LogP contribution is 2.31. The molecule has 112 valence electrons. The first-order valence-corrected chi connectivity index (χ1v) is 7.17. The zero-order valence-corrected chi connectivity index (χ0v) is 13.1. The van der Waals surface area contributed by atoms with Crippen LogP contribution in [0.5, 0.6) is 5.88 Å². The maximum absolute atomic E-state index is 5.85. The molecule has 0 unspecified atom stereocenters. The van der Waals surface area contributed by atoms with Gasteiger partial charge in [-0.2, -0.15) is 4.98 Å². The molecule has 4 heteroatoms. The highest BCUT2D eigenvalue weighted by molar-refractivity contribution is 5.64. The van der Waals surface area contributed by atoms with Gasteiger partial charge in [0, 0.05) is 5.69 Å². The summed E-state index contributed by atoms with van der Waals surface area (Å²) in [4.78, 5) is 4.42. The van der Waals surface area contributed by atoms with E-state index in [1.807, 2.05) is 25.1 Å². The average Bonchev–Trinajstić information content (AvgIpc) is 2.42. The number of pyridine rings is 1. The second-order valence-electron chi connectivity index (χ2n) is 5.94. The molecular weight excluding hydrogens is 262 g/mol. The molecule has 21 heavy (non-hydrogen) atoms. The minimum atomic E-state index is 0.0557. The number of benzene rings is 1. The Bertz CT molecular complexity index is 618. The van der Waals surface area contributed by atoms with Crippen LogP contribution >= 0.6 is 0 Å². The molecule has 0 saturated carbocycles. The van der Waals surface area contributed by atoms with E-state index in [0.717, 1.165) is 11.5 Å². The van der Waals surface area contributed by atoms with E-state index in [1.165, 1.54) is 5.56 Å².